The van der Waals surface area contributed by atoms with Crippen molar-refractivity contribution < 1.29 is 4.39 Å². The van der Waals surface area contributed by atoms with Crippen LogP contribution in [0.15, 0.2) is 18.2 Å². The molecule has 0 saturated carbocycles. The van der Waals surface area contributed by atoms with Gasteiger partial charge in [0.25, 0.3) is 0 Å². The number of hydrogen-bond acceptors (Lipinski definition) is 2. The average molecular weight is 238 g/mol. The predicted octanol–water partition coefficient (Wildman–Crippen LogP) is 3.23. The highest BCUT2D eigenvalue weighted by Gasteiger charge is 2.12. The van der Waals surface area contributed by atoms with Gasteiger partial charge in [-0.3, -0.25) is 0 Å². The Morgan fingerprint density at radius 1 is 1.44 bits per heavy atom. The van der Waals surface area contributed by atoms with Crippen LogP contribution in [0.4, 0.5) is 4.39 Å². The zero-order chi connectivity index (χ0) is 11.7. The fourth-order valence-electron chi connectivity index (χ4n) is 1.97. The normalized spacial score (nSPS) is 11.6. The summed E-state index contributed by atoms with van der Waals surface area (Å²) in [7, 11) is 0. The van der Waals surface area contributed by atoms with Crippen molar-refractivity contribution in [1.29, 1.82) is 0 Å². The molecule has 0 bridgehead atoms. The third-order valence-electron chi connectivity index (χ3n) is 2.58. The summed E-state index contributed by atoms with van der Waals surface area (Å²) in [5.41, 5.74) is 1.72. The quantitative estimate of drug-likeness (QED) is 0.813. The molecular formula is C12H15FN2S. The fourth-order valence-corrected chi connectivity index (χ4v) is 2.17. The Morgan fingerprint density at radius 2 is 2.19 bits per heavy atom. The maximum Gasteiger partial charge on any atom is 0.125 e. The molecule has 0 aliphatic carbocycles. The van der Waals surface area contributed by atoms with E-state index in [-0.39, 0.29) is 5.82 Å². The van der Waals surface area contributed by atoms with E-state index >= 15 is 0 Å². The van der Waals surface area contributed by atoms with Crippen LogP contribution in [0.5, 0.6) is 0 Å². The van der Waals surface area contributed by atoms with Crippen molar-refractivity contribution in [3.63, 3.8) is 0 Å². The summed E-state index contributed by atoms with van der Waals surface area (Å²) in [4.78, 5) is 4.46. The molecule has 0 unspecified atom stereocenters. The molecular weight excluding hydrogens is 223 g/mol. The maximum absolute atomic E-state index is 13.1. The SMILES string of the molecule is CC(C)n1c(CCS)nc2cc(F)ccc21. The topological polar surface area (TPSA) is 17.8 Å². The first-order chi connectivity index (χ1) is 7.63. The number of thiol groups is 1. The van der Waals surface area contributed by atoms with Gasteiger partial charge in [-0.15, -0.1) is 0 Å². The molecule has 2 nitrogen and oxygen atoms in total. The minimum atomic E-state index is -0.238. The largest absolute Gasteiger partial charge is 0.325 e. The van der Waals surface area contributed by atoms with Gasteiger partial charge in [0.15, 0.2) is 0 Å². The summed E-state index contributed by atoms with van der Waals surface area (Å²) in [6.45, 7) is 4.21. The summed E-state index contributed by atoms with van der Waals surface area (Å²) in [5, 5.41) is 0. The van der Waals surface area contributed by atoms with Gasteiger partial charge in [0.1, 0.15) is 11.6 Å². The molecule has 2 aromatic rings. The van der Waals surface area contributed by atoms with Crippen molar-refractivity contribution in [2.45, 2.75) is 26.3 Å². The monoisotopic (exact) mass is 238 g/mol. The summed E-state index contributed by atoms with van der Waals surface area (Å²) in [6.07, 6.45) is 0.803. The van der Waals surface area contributed by atoms with E-state index in [0.29, 0.717) is 6.04 Å². The molecule has 0 spiro atoms. The van der Waals surface area contributed by atoms with E-state index in [4.69, 9.17) is 0 Å². The number of aromatic nitrogens is 2. The minimum Gasteiger partial charge on any atom is -0.325 e. The fraction of sp³-hybridized carbons (Fsp3) is 0.417. The third kappa shape index (κ3) is 1.94. The first kappa shape index (κ1) is 11.5. The Bertz CT molecular complexity index is 505. The first-order valence-corrected chi connectivity index (χ1v) is 6.04. The number of benzene rings is 1. The van der Waals surface area contributed by atoms with Crippen LogP contribution in [0.25, 0.3) is 11.0 Å². The molecule has 1 heterocycles. The van der Waals surface area contributed by atoms with Crippen molar-refractivity contribution >= 4 is 23.7 Å². The lowest BCUT2D eigenvalue weighted by Crippen LogP contribution is -2.06. The second-order valence-corrected chi connectivity index (χ2v) is 4.55. The van der Waals surface area contributed by atoms with Crippen LogP contribution in [0.1, 0.15) is 25.7 Å². The van der Waals surface area contributed by atoms with Crippen molar-refractivity contribution in [1.82, 2.24) is 9.55 Å². The average Bonchev–Trinajstić information content (AvgIpc) is 2.55. The molecule has 0 aliphatic heterocycles. The molecule has 0 fully saturated rings. The lowest BCUT2D eigenvalue weighted by molar-refractivity contribution is 0.588. The number of halogens is 1. The highest BCUT2D eigenvalue weighted by molar-refractivity contribution is 7.80. The van der Waals surface area contributed by atoms with E-state index in [9.17, 15) is 4.39 Å². The van der Waals surface area contributed by atoms with E-state index in [1.807, 2.05) is 0 Å². The Balaban J connectivity index is 2.65. The standard InChI is InChI=1S/C12H15FN2S/c1-8(2)15-11-4-3-9(13)7-10(11)14-12(15)5-6-16/h3-4,7-8,16H,5-6H2,1-2H3. The smallest absolute Gasteiger partial charge is 0.125 e. The molecule has 0 atom stereocenters. The lowest BCUT2D eigenvalue weighted by Gasteiger charge is -2.12. The summed E-state index contributed by atoms with van der Waals surface area (Å²) < 4.78 is 15.2. The number of hydrogen-bond donors (Lipinski definition) is 1. The van der Waals surface area contributed by atoms with Gasteiger partial charge in [-0.2, -0.15) is 12.6 Å². The Hall–Kier alpha value is -1.03. The predicted molar refractivity (Wildman–Crippen MR) is 67.6 cm³/mol. The molecule has 4 heteroatoms. The van der Waals surface area contributed by atoms with E-state index in [1.165, 1.54) is 12.1 Å². The molecule has 86 valence electrons. The van der Waals surface area contributed by atoms with Crippen LogP contribution < -0.4 is 0 Å². The van der Waals surface area contributed by atoms with Crippen LogP contribution in [0.3, 0.4) is 0 Å². The van der Waals surface area contributed by atoms with Gasteiger partial charge in [0, 0.05) is 18.5 Å². The molecule has 0 saturated heterocycles. The zero-order valence-corrected chi connectivity index (χ0v) is 10.3. The van der Waals surface area contributed by atoms with Gasteiger partial charge in [-0.25, -0.2) is 9.37 Å². The molecule has 0 amide bonds. The van der Waals surface area contributed by atoms with E-state index in [1.54, 1.807) is 6.07 Å². The second kappa shape index (κ2) is 4.45. The van der Waals surface area contributed by atoms with Crippen LogP contribution in [0, 0.1) is 5.82 Å². The molecule has 16 heavy (non-hydrogen) atoms. The third-order valence-corrected chi connectivity index (χ3v) is 2.80. The zero-order valence-electron chi connectivity index (χ0n) is 9.44. The number of nitrogens with zero attached hydrogens (tertiary/aromatic N) is 2. The Kier molecular flexibility index (Phi) is 3.19. The highest BCUT2D eigenvalue weighted by Crippen LogP contribution is 2.22. The minimum absolute atomic E-state index is 0.238. The van der Waals surface area contributed by atoms with Gasteiger partial charge in [-0.1, -0.05) is 0 Å². The van der Waals surface area contributed by atoms with E-state index < -0.39 is 0 Å². The summed E-state index contributed by atoms with van der Waals surface area (Å²) in [5.74, 6) is 1.49. The van der Waals surface area contributed by atoms with Crippen LogP contribution in [-0.4, -0.2) is 15.3 Å². The number of imidazole rings is 1. The van der Waals surface area contributed by atoms with Crippen LogP contribution >= 0.6 is 12.6 Å². The van der Waals surface area contributed by atoms with E-state index in [2.05, 4.69) is 36.0 Å². The van der Waals surface area contributed by atoms with Crippen molar-refractivity contribution in [2.24, 2.45) is 0 Å². The van der Waals surface area contributed by atoms with E-state index in [0.717, 1.165) is 29.0 Å². The van der Waals surface area contributed by atoms with Crippen LogP contribution in [-0.2, 0) is 6.42 Å². The molecule has 1 aromatic heterocycles. The Labute approximate surface area is 99.9 Å². The highest BCUT2D eigenvalue weighted by atomic mass is 32.1. The second-order valence-electron chi connectivity index (χ2n) is 4.10. The Morgan fingerprint density at radius 3 is 2.81 bits per heavy atom. The van der Waals surface area contributed by atoms with Gasteiger partial charge >= 0.3 is 0 Å². The first-order valence-electron chi connectivity index (χ1n) is 5.40. The van der Waals surface area contributed by atoms with Gasteiger partial charge in [0.05, 0.1) is 11.0 Å². The van der Waals surface area contributed by atoms with Crippen molar-refractivity contribution in [2.75, 3.05) is 5.75 Å². The molecule has 0 N–H and O–H groups in total. The number of fused-ring (bicyclic) bond motifs is 1. The molecule has 0 radical (unpaired) electrons. The van der Waals surface area contributed by atoms with Crippen molar-refractivity contribution in [3.8, 4) is 0 Å². The number of aryl methyl sites for hydroxylation is 1. The van der Waals surface area contributed by atoms with Crippen molar-refractivity contribution in [3.05, 3.63) is 29.8 Å². The van der Waals surface area contributed by atoms with Gasteiger partial charge in [-0.05, 0) is 31.7 Å². The summed E-state index contributed by atoms with van der Waals surface area (Å²) in [6, 6.07) is 5.08. The van der Waals surface area contributed by atoms with Crippen LogP contribution in [0.2, 0.25) is 0 Å². The molecule has 2 rings (SSSR count). The molecule has 0 aliphatic rings. The summed E-state index contributed by atoms with van der Waals surface area (Å²) >= 11 is 4.22. The van der Waals surface area contributed by atoms with Gasteiger partial charge in [0.2, 0.25) is 0 Å². The maximum atomic E-state index is 13.1. The van der Waals surface area contributed by atoms with Gasteiger partial charge < -0.3 is 4.57 Å². The molecule has 1 aromatic carbocycles. The number of rotatable bonds is 3. The lowest BCUT2D eigenvalue weighted by atomic mass is 10.3.